The smallest absolute Gasteiger partial charge is 0.327 e. The number of esters is 1. The van der Waals surface area contributed by atoms with E-state index in [0.29, 0.717) is 6.61 Å². The first-order valence-electron chi connectivity index (χ1n) is 7.82. The molecule has 1 aromatic carbocycles. The molecule has 4 heteroatoms. The van der Waals surface area contributed by atoms with Gasteiger partial charge in [0, 0.05) is 13.2 Å². The zero-order chi connectivity index (χ0) is 15.3. The van der Waals surface area contributed by atoms with Crippen LogP contribution >= 0.6 is 0 Å². The van der Waals surface area contributed by atoms with Gasteiger partial charge in [0.2, 0.25) is 0 Å². The Bertz CT molecular complexity index is 381. The molecule has 0 aromatic heterocycles. The lowest BCUT2D eigenvalue weighted by Gasteiger charge is -2.17. The van der Waals surface area contributed by atoms with Gasteiger partial charge >= 0.3 is 5.97 Å². The van der Waals surface area contributed by atoms with Crippen molar-refractivity contribution in [2.75, 3.05) is 26.4 Å². The van der Waals surface area contributed by atoms with Crippen LogP contribution in [0.25, 0.3) is 0 Å². The average Bonchev–Trinajstić information content (AvgIpc) is 2.51. The maximum atomic E-state index is 12.0. The Kier molecular flexibility index (Phi) is 9.49. The Balaban J connectivity index is 2.38. The van der Waals surface area contributed by atoms with Gasteiger partial charge in [0.15, 0.2) is 0 Å². The molecule has 0 saturated carbocycles. The minimum absolute atomic E-state index is 0.226. The standard InChI is InChI=1S/C17H27NO3/c1-3-5-13-20-14-9-12-18-16(17(19)21-4-2)15-10-7-6-8-11-15/h6-8,10-11,16,18H,3-5,9,12-14H2,1-2H3. The fourth-order valence-corrected chi connectivity index (χ4v) is 1.98. The Morgan fingerprint density at radius 2 is 1.86 bits per heavy atom. The molecular weight excluding hydrogens is 266 g/mol. The van der Waals surface area contributed by atoms with E-state index in [2.05, 4.69) is 12.2 Å². The van der Waals surface area contributed by atoms with E-state index < -0.39 is 6.04 Å². The highest BCUT2D eigenvalue weighted by Crippen LogP contribution is 2.14. The van der Waals surface area contributed by atoms with Crippen LogP contribution in [0.5, 0.6) is 0 Å². The number of carbonyl (C=O) groups is 1. The van der Waals surface area contributed by atoms with Crippen molar-refractivity contribution in [3.8, 4) is 0 Å². The molecule has 0 radical (unpaired) electrons. The number of benzene rings is 1. The Morgan fingerprint density at radius 1 is 1.14 bits per heavy atom. The summed E-state index contributed by atoms with van der Waals surface area (Å²) in [4.78, 5) is 12.0. The van der Waals surface area contributed by atoms with Crippen LogP contribution in [-0.2, 0) is 14.3 Å². The van der Waals surface area contributed by atoms with Gasteiger partial charge in [-0.1, -0.05) is 43.7 Å². The summed E-state index contributed by atoms with van der Waals surface area (Å²) in [5, 5.41) is 3.26. The van der Waals surface area contributed by atoms with Gasteiger partial charge in [-0.05, 0) is 31.9 Å². The van der Waals surface area contributed by atoms with Crippen LogP contribution in [0.2, 0.25) is 0 Å². The monoisotopic (exact) mass is 293 g/mol. The summed E-state index contributed by atoms with van der Waals surface area (Å²) < 4.78 is 10.6. The summed E-state index contributed by atoms with van der Waals surface area (Å²) in [5.74, 6) is -0.226. The quantitative estimate of drug-likeness (QED) is 0.503. The maximum Gasteiger partial charge on any atom is 0.327 e. The van der Waals surface area contributed by atoms with Crippen molar-refractivity contribution in [1.29, 1.82) is 0 Å². The van der Waals surface area contributed by atoms with E-state index in [1.54, 1.807) is 0 Å². The van der Waals surface area contributed by atoms with Crippen LogP contribution in [0.3, 0.4) is 0 Å². The molecule has 118 valence electrons. The lowest BCUT2D eigenvalue weighted by Crippen LogP contribution is -2.31. The Morgan fingerprint density at radius 3 is 2.52 bits per heavy atom. The van der Waals surface area contributed by atoms with E-state index in [1.165, 1.54) is 0 Å². The van der Waals surface area contributed by atoms with Crippen molar-refractivity contribution in [3.05, 3.63) is 35.9 Å². The summed E-state index contributed by atoms with van der Waals surface area (Å²) in [6.07, 6.45) is 3.13. The third kappa shape index (κ3) is 7.25. The predicted octanol–water partition coefficient (Wildman–Crippen LogP) is 3.09. The first kappa shape index (κ1) is 17.7. The van der Waals surface area contributed by atoms with Crippen molar-refractivity contribution in [2.24, 2.45) is 0 Å². The molecule has 4 nitrogen and oxygen atoms in total. The van der Waals surface area contributed by atoms with Crippen LogP contribution in [0.4, 0.5) is 0 Å². The van der Waals surface area contributed by atoms with E-state index >= 15 is 0 Å². The van der Waals surface area contributed by atoms with Crippen molar-refractivity contribution in [3.63, 3.8) is 0 Å². The molecule has 1 unspecified atom stereocenters. The van der Waals surface area contributed by atoms with Gasteiger partial charge in [-0.25, -0.2) is 4.79 Å². The molecule has 0 bridgehead atoms. The molecule has 1 aromatic rings. The fraction of sp³-hybridized carbons (Fsp3) is 0.588. The first-order chi connectivity index (χ1) is 10.3. The lowest BCUT2D eigenvalue weighted by molar-refractivity contribution is -0.145. The van der Waals surface area contributed by atoms with Crippen molar-refractivity contribution >= 4 is 5.97 Å². The summed E-state index contributed by atoms with van der Waals surface area (Å²) in [6.45, 7) is 6.62. The highest BCUT2D eigenvalue weighted by atomic mass is 16.5. The number of hydrogen-bond acceptors (Lipinski definition) is 4. The molecule has 0 aliphatic rings. The van der Waals surface area contributed by atoms with Crippen LogP contribution in [0.15, 0.2) is 30.3 Å². The predicted molar refractivity (Wildman–Crippen MR) is 84.2 cm³/mol. The average molecular weight is 293 g/mol. The number of carbonyl (C=O) groups excluding carboxylic acids is 1. The van der Waals surface area contributed by atoms with E-state index in [-0.39, 0.29) is 5.97 Å². The second-order valence-electron chi connectivity index (χ2n) is 4.87. The summed E-state index contributed by atoms with van der Waals surface area (Å²) >= 11 is 0. The number of hydrogen-bond donors (Lipinski definition) is 1. The molecule has 0 saturated heterocycles. The molecule has 0 spiro atoms. The van der Waals surface area contributed by atoms with Crippen molar-refractivity contribution in [1.82, 2.24) is 5.32 Å². The van der Waals surface area contributed by atoms with Crippen LogP contribution < -0.4 is 5.32 Å². The van der Waals surface area contributed by atoms with Crippen LogP contribution in [0.1, 0.15) is 44.7 Å². The Hall–Kier alpha value is -1.39. The minimum atomic E-state index is -0.401. The zero-order valence-corrected chi connectivity index (χ0v) is 13.1. The summed E-state index contributed by atoms with van der Waals surface area (Å²) in [6, 6.07) is 9.27. The maximum absolute atomic E-state index is 12.0. The van der Waals surface area contributed by atoms with E-state index in [1.807, 2.05) is 37.3 Å². The van der Waals surface area contributed by atoms with Gasteiger partial charge in [-0.15, -0.1) is 0 Å². The SMILES string of the molecule is CCCCOCCCNC(C(=O)OCC)c1ccccc1. The van der Waals surface area contributed by atoms with Gasteiger partial charge in [0.25, 0.3) is 0 Å². The van der Waals surface area contributed by atoms with Crippen LogP contribution in [-0.4, -0.2) is 32.3 Å². The highest BCUT2D eigenvalue weighted by Gasteiger charge is 2.20. The molecule has 1 rings (SSSR count). The van der Waals surface area contributed by atoms with Crippen molar-refractivity contribution < 1.29 is 14.3 Å². The molecular formula is C17H27NO3. The topological polar surface area (TPSA) is 47.6 Å². The molecule has 0 heterocycles. The molecule has 1 N–H and O–H groups in total. The number of rotatable bonds is 11. The fourth-order valence-electron chi connectivity index (χ4n) is 1.98. The largest absolute Gasteiger partial charge is 0.465 e. The molecule has 0 amide bonds. The molecule has 1 atom stereocenters. The van der Waals surface area contributed by atoms with Gasteiger partial charge in [0.1, 0.15) is 6.04 Å². The highest BCUT2D eigenvalue weighted by molar-refractivity contribution is 5.77. The third-order valence-electron chi connectivity index (χ3n) is 3.11. The summed E-state index contributed by atoms with van der Waals surface area (Å²) in [7, 11) is 0. The van der Waals surface area contributed by atoms with Gasteiger partial charge in [-0.2, -0.15) is 0 Å². The molecule has 21 heavy (non-hydrogen) atoms. The van der Waals surface area contributed by atoms with Gasteiger partial charge < -0.3 is 14.8 Å². The van der Waals surface area contributed by atoms with E-state index in [0.717, 1.165) is 44.6 Å². The molecule has 0 fully saturated rings. The number of ether oxygens (including phenoxy) is 2. The first-order valence-corrected chi connectivity index (χ1v) is 7.82. The molecule has 0 aliphatic carbocycles. The lowest BCUT2D eigenvalue weighted by atomic mass is 10.1. The van der Waals surface area contributed by atoms with Gasteiger partial charge in [-0.3, -0.25) is 0 Å². The van der Waals surface area contributed by atoms with E-state index in [4.69, 9.17) is 9.47 Å². The summed E-state index contributed by atoms with van der Waals surface area (Å²) in [5.41, 5.74) is 0.933. The third-order valence-corrected chi connectivity index (χ3v) is 3.11. The van der Waals surface area contributed by atoms with Crippen molar-refractivity contribution in [2.45, 2.75) is 39.2 Å². The Labute approximate surface area is 127 Å². The van der Waals surface area contributed by atoms with Gasteiger partial charge in [0.05, 0.1) is 6.61 Å². The number of nitrogens with one attached hydrogen (secondary N) is 1. The normalized spacial score (nSPS) is 12.1. The minimum Gasteiger partial charge on any atom is -0.465 e. The van der Waals surface area contributed by atoms with E-state index in [9.17, 15) is 4.79 Å². The van der Waals surface area contributed by atoms with Crippen LogP contribution in [0, 0.1) is 0 Å². The second-order valence-corrected chi connectivity index (χ2v) is 4.87. The second kappa shape index (κ2) is 11.3. The number of unbranched alkanes of at least 4 members (excludes halogenated alkanes) is 1. The molecule has 0 aliphatic heterocycles. The zero-order valence-electron chi connectivity index (χ0n) is 13.1.